The SMILES string of the molecule is CC.CC.CC1=C(C)N2c3ccccc3[N+]3=C(C)C(C)=C(C)N4c5ccccc5[N+](=C1C)C423. The van der Waals surface area contributed by atoms with Gasteiger partial charge in [-0.1, -0.05) is 61.1 Å². The Morgan fingerprint density at radius 1 is 0.545 bits per heavy atom. The molecule has 0 N–H and O–H groups in total. The molecule has 0 saturated heterocycles. The van der Waals surface area contributed by atoms with Crippen molar-refractivity contribution in [2.45, 2.75) is 75.1 Å². The van der Waals surface area contributed by atoms with Gasteiger partial charge in [0.25, 0.3) is 0 Å². The quantitative estimate of drug-likeness (QED) is 0.391. The average Bonchev–Trinajstić information content (AvgIpc) is 3.33. The monoisotopic (exact) mass is 442 g/mol. The normalized spacial score (nSPS) is 18.8. The van der Waals surface area contributed by atoms with Crippen molar-refractivity contribution < 1.29 is 9.15 Å². The number of hydrogen-bond donors (Lipinski definition) is 0. The number of hydrogen-bond acceptors (Lipinski definition) is 2. The van der Waals surface area contributed by atoms with E-state index in [2.05, 4.69) is 109 Å². The Kier molecular flexibility index (Phi) is 5.60. The zero-order valence-electron chi connectivity index (χ0n) is 21.9. The maximum atomic E-state index is 2.55. The fourth-order valence-corrected chi connectivity index (χ4v) is 5.75. The van der Waals surface area contributed by atoms with E-state index in [-0.39, 0.29) is 0 Å². The molecule has 0 aromatic heterocycles. The van der Waals surface area contributed by atoms with Gasteiger partial charge in [-0.15, -0.1) is 0 Å². The van der Waals surface area contributed by atoms with Gasteiger partial charge in [-0.3, -0.25) is 0 Å². The molecule has 4 heteroatoms. The van der Waals surface area contributed by atoms with Crippen LogP contribution in [0, 0.1) is 0 Å². The third-order valence-electron chi connectivity index (χ3n) is 7.44. The Hall–Kier alpha value is -3.14. The van der Waals surface area contributed by atoms with E-state index in [9.17, 15) is 0 Å². The van der Waals surface area contributed by atoms with Crippen LogP contribution < -0.4 is 9.80 Å². The Bertz CT molecular complexity index is 1170. The highest BCUT2D eigenvalue weighted by Gasteiger charge is 2.78. The summed E-state index contributed by atoms with van der Waals surface area (Å²) < 4.78 is 5.09. The smallest absolute Gasteiger partial charge is 0.197 e. The molecule has 33 heavy (non-hydrogen) atoms. The van der Waals surface area contributed by atoms with Gasteiger partial charge in [0.1, 0.15) is 11.4 Å². The molecular formula is C29H38N4+2. The summed E-state index contributed by atoms with van der Waals surface area (Å²) in [6, 6.07) is 17.7. The molecule has 2 aromatic carbocycles. The number of allylic oxidation sites excluding steroid dienone is 4. The van der Waals surface area contributed by atoms with Crippen molar-refractivity contribution in [3.63, 3.8) is 0 Å². The zero-order valence-corrected chi connectivity index (χ0v) is 21.9. The van der Waals surface area contributed by atoms with Crippen LogP contribution in [0.1, 0.15) is 69.2 Å². The molecule has 0 fully saturated rings. The topological polar surface area (TPSA) is 12.5 Å². The summed E-state index contributed by atoms with van der Waals surface area (Å²) in [6.45, 7) is 21.6. The van der Waals surface area contributed by atoms with Gasteiger partial charge in [-0.2, -0.15) is 9.80 Å². The lowest BCUT2D eigenvalue weighted by Crippen LogP contribution is -2.70. The summed E-state index contributed by atoms with van der Waals surface area (Å²) in [6.07, 6.45) is 0. The average molecular weight is 443 g/mol. The second-order valence-corrected chi connectivity index (χ2v) is 8.51. The first-order valence-electron chi connectivity index (χ1n) is 12.3. The van der Waals surface area contributed by atoms with Crippen molar-refractivity contribution in [2.24, 2.45) is 0 Å². The Labute approximate surface area is 199 Å². The number of fused-ring (bicyclic) bond motifs is 6. The second-order valence-electron chi connectivity index (χ2n) is 8.51. The fourth-order valence-electron chi connectivity index (χ4n) is 5.75. The molecule has 0 aliphatic carbocycles. The first kappa shape index (κ1) is 23.0. The van der Waals surface area contributed by atoms with E-state index in [1.165, 1.54) is 56.7 Å². The predicted octanol–water partition coefficient (Wildman–Crippen LogP) is 7.52. The van der Waals surface area contributed by atoms with E-state index < -0.39 is 5.91 Å². The molecule has 0 radical (unpaired) electrons. The third-order valence-corrected chi connectivity index (χ3v) is 7.44. The minimum atomic E-state index is -0.477. The molecule has 0 saturated carbocycles. The van der Waals surface area contributed by atoms with Crippen LogP contribution in [0.4, 0.5) is 22.7 Å². The summed E-state index contributed by atoms with van der Waals surface area (Å²) in [5.74, 6) is -0.477. The van der Waals surface area contributed by atoms with Crippen LogP contribution in [-0.4, -0.2) is 26.5 Å². The summed E-state index contributed by atoms with van der Waals surface area (Å²) in [4.78, 5) is 5.09. The fraction of sp³-hybridized carbons (Fsp3) is 0.379. The molecule has 172 valence electrons. The Balaban J connectivity index is 0.000000617. The van der Waals surface area contributed by atoms with Crippen molar-refractivity contribution in [3.05, 3.63) is 71.1 Å². The summed E-state index contributed by atoms with van der Waals surface area (Å²) in [7, 11) is 0. The van der Waals surface area contributed by atoms with E-state index in [1.54, 1.807) is 0 Å². The van der Waals surface area contributed by atoms with Crippen molar-refractivity contribution in [3.8, 4) is 0 Å². The first-order valence-corrected chi connectivity index (χ1v) is 12.3. The van der Waals surface area contributed by atoms with E-state index >= 15 is 0 Å². The first-order chi connectivity index (χ1) is 15.9. The molecule has 0 atom stereocenters. The van der Waals surface area contributed by atoms with E-state index in [0.29, 0.717) is 0 Å². The summed E-state index contributed by atoms with van der Waals surface area (Å²) in [5, 5.41) is 0. The minimum absolute atomic E-state index is 0.477. The van der Waals surface area contributed by atoms with E-state index in [0.717, 1.165) is 0 Å². The Morgan fingerprint density at radius 2 is 0.879 bits per heavy atom. The highest BCUT2D eigenvalue weighted by molar-refractivity contribution is 6.03. The lowest BCUT2D eigenvalue weighted by Gasteiger charge is -2.39. The van der Waals surface area contributed by atoms with Crippen LogP contribution >= 0.6 is 0 Å². The van der Waals surface area contributed by atoms with Gasteiger partial charge < -0.3 is 0 Å². The molecule has 4 aliphatic rings. The molecule has 2 aromatic rings. The van der Waals surface area contributed by atoms with Crippen molar-refractivity contribution in [2.75, 3.05) is 9.80 Å². The van der Waals surface area contributed by atoms with Gasteiger partial charge in [-0.25, -0.2) is 0 Å². The number of para-hydroxylation sites is 4. The highest BCUT2D eigenvalue weighted by Crippen LogP contribution is 2.60. The molecule has 4 nitrogen and oxygen atoms in total. The number of rotatable bonds is 0. The van der Waals surface area contributed by atoms with Crippen molar-refractivity contribution >= 4 is 34.2 Å². The molecule has 0 amide bonds. The van der Waals surface area contributed by atoms with E-state index in [1.807, 2.05) is 27.7 Å². The lowest BCUT2D eigenvalue weighted by molar-refractivity contribution is -0.748. The minimum Gasteiger partial charge on any atom is -0.197 e. The molecule has 4 aliphatic heterocycles. The predicted molar refractivity (Wildman–Crippen MR) is 141 cm³/mol. The Morgan fingerprint density at radius 3 is 1.24 bits per heavy atom. The van der Waals surface area contributed by atoms with Gasteiger partial charge in [0.05, 0.1) is 0 Å². The maximum absolute atomic E-state index is 2.55. The number of nitrogens with zero attached hydrogens (tertiary/aromatic N) is 4. The molecule has 1 spiro atoms. The molecule has 0 bridgehead atoms. The van der Waals surface area contributed by atoms with Crippen LogP contribution in [0.25, 0.3) is 0 Å². The van der Waals surface area contributed by atoms with Gasteiger partial charge in [0.2, 0.25) is 11.4 Å². The van der Waals surface area contributed by atoms with Crippen LogP contribution in [0.15, 0.2) is 71.1 Å². The lowest BCUT2D eigenvalue weighted by atomic mass is 10.0. The van der Waals surface area contributed by atoms with Crippen LogP contribution in [-0.2, 0) is 0 Å². The highest BCUT2D eigenvalue weighted by atomic mass is 15.7. The second kappa shape index (κ2) is 8.02. The largest absolute Gasteiger partial charge is 0.553 e. The standard InChI is InChI=1S/C25H26N4.2C2H6/c1-15-17(3)26-21-11-7-9-13-23(21)28-19(5)16(2)20(6)29-24-14-10-8-12-22(24)27(18(15)4)25(26,28)29;2*1-2/h7-14H,1-6H3;2*1-2H3/q+2;;. The van der Waals surface area contributed by atoms with Crippen LogP contribution in [0.2, 0.25) is 0 Å². The van der Waals surface area contributed by atoms with Crippen LogP contribution in [0.5, 0.6) is 0 Å². The van der Waals surface area contributed by atoms with Gasteiger partial charge in [0.15, 0.2) is 11.4 Å². The van der Waals surface area contributed by atoms with Gasteiger partial charge in [0, 0.05) is 48.5 Å². The molecule has 6 rings (SSSR count). The van der Waals surface area contributed by atoms with Crippen molar-refractivity contribution in [1.29, 1.82) is 0 Å². The summed E-state index contributed by atoms with van der Waals surface area (Å²) in [5.41, 5.74) is 13.0. The summed E-state index contributed by atoms with van der Waals surface area (Å²) >= 11 is 0. The number of benzene rings is 2. The van der Waals surface area contributed by atoms with Crippen molar-refractivity contribution in [1.82, 2.24) is 0 Å². The molecule has 0 unspecified atom stereocenters. The number of anilines is 2. The van der Waals surface area contributed by atoms with Gasteiger partial charge in [-0.05, 0) is 39.8 Å². The van der Waals surface area contributed by atoms with E-state index in [4.69, 9.17) is 0 Å². The molecular weight excluding hydrogens is 404 g/mol. The third kappa shape index (κ3) is 2.52. The maximum Gasteiger partial charge on any atom is 0.553 e. The van der Waals surface area contributed by atoms with Crippen LogP contribution in [0.3, 0.4) is 0 Å². The molecule has 4 heterocycles. The zero-order chi connectivity index (χ0) is 24.2. The van der Waals surface area contributed by atoms with Gasteiger partial charge >= 0.3 is 5.91 Å².